The Hall–Kier alpha value is -0.150. The predicted octanol–water partition coefficient (Wildman–Crippen LogP) is 3.98. The fourth-order valence-corrected chi connectivity index (χ4v) is 2.24. The molecule has 3 heteroatoms. The molecule has 0 aromatic rings. The normalized spacial score (nSPS) is 12.9. The molecule has 0 aromatic heterocycles. The van der Waals surface area contributed by atoms with Crippen LogP contribution in [0.25, 0.3) is 0 Å². The lowest BCUT2D eigenvalue weighted by atomic mass is 10.1. The van der Waals surface area contributed by atoms with Gasteiger partial charge in [-0.3, -0.25) is 0 Å². The summed E-state index contributed by atoms with van der Waals surface area (Å²) < 4.78 is 0. The molecule has 0 heterocycles. The van der Waals surface area contributed by atoms with Crippen LogP contribution in [0.3, 0.4) is 0 Å². The van der Waals surface area contributed by atoms with Gasteiger partial charge in [0.1, 0.15) is 0 Å². The van der Waals surface area contributed by atoms with Gasteiger partial charge < -0.3 is 10.6 Å². The second-order valence-corrected chi connectivity index (χ2v) is 6.01. The van der Waals surface area contributed by atoms with Crippen molar-refractivity contribution < 1.29 is 0 Å². The SMILES string of the molecule is CCCCCCCCCCN(C)CC(C)C(N)=S. The number of nitrogens with two attached hydrogens (primary N) is 1. The average Bonchev–Trinajstić information content (AvgIpc) is 2.32. The smallest absolute Gasteiger partial charge is 0.0768 e. The molecule has 0 rings (SSSR count). The Morgan fingerprint density at radius 1 is 1.06 bits per heavy atom. The first-order chi connectivity index (χ1) is 8.57. The Kier molecular flexibility index (Phi) is 11.8. The van der Waals surface area contributed by atoms with Gasteiger partial charge in [-0.1, -0.05) is 71.0 Å². The van der Waals surface area contributed by atoms with Gasteiger partial charge in [-0.25, -0.2) is 0 Å². The quantitative estimate of drug-likeness (QED) is 0.430. The van der Waals surface area contributed by atoms with Crippen LogP contribution in [0.5, 0.6) is 0 Å². The van der Waals surface area contributed by atoms with Crippen LogP contribution in [0.4, 0.5) is 0 Å². The molecule has 0 spiro atoms. The minimum absolute atomic E-state index is 0.332. The fourth-order valence-electron chi connectivity index (χ4n) is 2.16. The van der Waals surface area contributed by atoms with Crippen molar-refractivity contribution in [3.05, 3.63) is 0 Å². The maximum Gasteiger partial charge on any atom is 0.0768 e. The van der Waals surface area contributed by atoms with Gasteiger partial charge in [0.05, 0.1) is 4.99 Å². The highest BCUT2D eigenvalue weighted by atomic mass is 32.1. The van der Waals surface area contributed by atoms with E-state index in [4.69, 9.17) is 18.0 Å². The Balaban J connectivity index is 3.30. The molecule has 0 saturated carbocycles. The van der Waals surface area contributed by atoms with Gasteiger partial charge >= 0.3 is 0 Å². The van der Waals surface area contributed by atoms with E-state index in [-0.39, 0.29) is 0 Å². The third kappa shape index (κ3) is 11.0. The van der Waals surface area contributed by atoms with Gasteiger partial charge in [-0.2, -0.15) is 0 Å². The Labute approximate surface area is 119 Å². The molecule has 0 amide bonds. The van der Waals surface area contributed by atoms with Gasteiger partial charge in [-0.15, -0.1) is 0 Å². The summed E-state index contributed by atoms with van der Waals surface area (Å²) in [5.41, 5.74) is 5.62. The van der Waals surface area contributed by atoms with Crippen molar-refractivity contribution in [1.29, 1.82) is 0 Å². The molecular weight excluding hydrogens is 240 g/mol. The summed E-state index contributed by atoms with van der Waals surface area (Å²) >= 11 is 4.99. The Morgan fingerprint density at radius 3 is 2.06 bits per heavy atom. The highest BCUT2D eigenvalue weighted by molar-refractivity contribution is 7.80. The first kappa shape index (κ1) is 17.8. The van der Waals surface area contributed by atoms with Crippen molar-refractivity contribution in [2.24, 2.45) is 11.7 Å². The molecule has 0 aliphatic carbocycles. The number of hydrogen-bond acceptors (Lipinski definition) is 2. The van der Waals surface area contributed by atoms with Crippen LogP contribution in [0.2, 0.25) is 0 Å². The molecule has 0 aromatic carbocycles. The predicted molar refractivity (Wildman–Crippen MR) is 86.1 cm³/mol. The van der Waals surface area contributed by atoms with Gasteiger partial charge in [0, 0.05) is 12.5 Å². The third-order valence-electron chi connectivity index (χ3n) is 3.46. The topological polar surface area (TPSA) is 29.3 Å². The Bertz CT molecular complexity index is 207. The van der Waals surface area contributed by atoms with E-state index in [0.29, 0.717) is 10.9 Å². The molecule has 0 saturated heterocycles. The minimum atomic E-state index is 0.332. The van der Waals surface area contributed by atoms with E-state index in [9.17, 15) is 0 Å². The summed E-state index contributed by atoms with van der Waals surface area (Å²) in [5, 5.41) is 0. The standard InChI is InChI=1S/C15H32N2S/c1-4-5-6-7-8-9-10-11-12-17(3)13-14(2)15(16)18/h14H,4-13H2,1-3H3,(H2,16,18). The molecule has 1 atom stereocenters. The Morgan fingerprint density at radius 2 is 1.56 bits per heavy atom. The number of unbranched alkanes of at least 4 members (excludes halogenated alkanes) is 7. The van der Waals surface area contributed by atoms with Crippen LogP contribution >= 0.6 is 12.2 Å². The third-order valence-corrected chi connectivity index (χ3v) is 3.87. The highest BCUT2D eigenvalue weighted by Crippen LogP contribution is 2.09. The molecular formula is C15H32N2S. The van der Waals surface area contributed by atoms with Crippen molar-refractivity contribution in [1.82, 2.24) is 4.90 Å². The molecule has 1 unspecified atom stereocenters. The van der Waals surface area contributed by atoms with Crippen LogP contribution in [0.1, 0.15) is 65.2 Å². The zero-order valence-electron chi connectivity index (χ0n) is 12.6. The maximum absolute atomic E-state index is 5.62. The zero-order chi connectivity index (χ0) is 13.8. The van der Waals surface area contributed by atoms with Crippen molar-refractivity contribution in [2.75, 3.05) is 20.1 Å². The van der Waals surface area contributed by atoms with Gasteiger partial charge in [0.25, 0.3) is 0 Å². The van der Waals surface area contributed by atoms with Crippen LogP contribution in [-0.2, 0) is 0 Å². The summed E-state index contributed by atoms with van der Waals surface area (Å²) in [6.07, 6.45) is 11.0. The molecule has 2 N–H and O–H groups in total. The van der Waals surface area contributed by atoms with E-state index in [1.807, 2.05) is 0 Å². The number of rotatable bonds is 12. The lowest BCUT2D eigenvalue weighted by Gasteiger charge is -2.20. The first-order valence-electron chi connectivity index (χ1n) is 7.55. The van der Waals surface area contributed by atoms with Crippen molar-refractivity contribution >= 4 is 17.2 Å². The minimum Gasteiger partial charge on any atom is -0.393 e. The summed E-state index contributed by atoms with van der Waals surface area (Å²) in [6.45, 7) is 6.53. The summed E-state index contributed by atoms with van der Waals surface area (Å²) in [6, 6.07) is 0. The molecule has 0 radical (unpaired) electrons. The van der Waals surface area contributed by atoms with Crippen LogP contribution in [0, 0.1) is 5.92 Å². The molecule has 0 fully saturated rings. The van der Waals surface area contributed by atoms with Crippen molar-refractivity contribution in [2.45, 2.75) is 65.2 Å². The molecule has 0 aliphatic heterocycles. The lowest BCUT2D eigenvalue weighted by Crippen LogP contribution is -2.32. The largest absolute Gasteiger partial charge is 0.393 e. The van der Waals surface area contributed by atoms with Crippen molar-refractivity contribution in [3.8, 4) is 0 Å². The zero-order valence-corrected chi connectivity index (χ0v) is 13.4. The van der Waals surface area contributed by atoms with Crippen LogP contribution in [0.15, 0.2) is 0 Å². The summed E-state index contributed by atoms with van der Waals surface area (Å²) in [7, 11) is 2.16. The second-order valence-electron chi connectivity index (χ2n) is 5.54. The second kappa shape index (κ2) is 11.9. The molecule has 2 nitrogen and oxygen atoms in total. The summed E-state index contributed by atoms with van der Waals surface area (Å²) in [5.74, 6) is 0.332. The summed E-state index contributed by atoms with van der Waals surface area (Å²) in [4.78, 5) is 2.98. The highest BCUT2D eigenvalue weighted by Gasteiger charge is 2.08. The van der Waals surface area contributed by atoms with Crippen LogP contribution in [-0.4, -0.2) is 30.0 Å². The number of thiocarbonyl (C=S) groups is 1. The number of hydrogen-bond donors (Lipinski definition) is 1. The van der Waals surface area contributed by atoms with E-state index in [2.05, 4.69) is 25.8 Å². The van der Waals surface area contributed by atoms with E-state index in [0.717, 1.165) is 6.54 Å². The molecule has 0 aliphatic rings. The van der Waals surface area contributed by atoms with E-state index in [1.165, 1.54) is 57.9 Å². The van der Waals surface area contributed by atoms with E-state index in [1.54, 1.807) is 0 Å². The van der Waals surface area contributed by atoms with Crippen molar-refractivity contribution in [3.63, 3.8) is 0 Å². The molecule has 18 heavy (non-hydrogen) atoms. The average molecular weight is 273 g/mol. The van der Waals surface area contributed by atoms with Gasteiger partial charge in [0.15, 0.2) is 0 Å². The molecule has 0 bridgehead atoms. The van der Waals surface area contributed by atoms with Gasteiger partial charge in [-0.05, 0) is 20.0 Å². The maximum atomic E-state index is 5.62. The first-order valence-corrected chi connectivity index (χ1v) is 7.96. The van der Waals surface area contributed by atoms with Crippen LogP contribution < -0.4 is 5.73 Å². The lowest BCUT2D eigenvalue weighted by molar-refractivity contribution is 0.306. The van der Waals surface area contributed by atoms with E-state index >= 15 is 0 Å². The van der Waals surface area contributed by atoms with Gasteiger partial charge in [0.2, 0.25) is 0 Å². The monoisotopic (exact) mass is 272 g/mol. The number of nitrogens with zero attached hydrogens (tertiary/aromatic N) is 1. The fraction of sp³-hybridized carbons (Fsp3) is 0.933. The molecule has 108 valence electrons. The van der Waals surface area contributed by atoms with E-state index < -0.39 is 0 Å².